The lowest BCUT2D eigenvalue weighted by Crippen LogP contribution is -2.54. The second-order valence-electron chi connectivity index (χ2n) is 16.1. The normalized spacial score (nSPS) is 16.3. The molecule has 7 rings (SSSR count). The van der Waals surface area contributed by atoms with Crippen LogP contribution >= 0.6 is 0 Å². The van der Waals surface area contributed by atoms with Gasteiger partial charge < -0.3 is 20.4 Å². The molecule has 2 fully saturated rings. The van der Waals surface area contributed by atoms with Gasteiger partial charge in [0.25, 0.3) is 23.3 Å². The van der Waals surface area contributed by atoms with Gasteiger partial charge in [0, 0.05) is 76.0 Å². The van der Waals surface area contributed by atoms with Gasteiger partial charge in [-0.2, -0.15) is 5.10 Å². The van der Waals surface area contributed by atoms with Crippen molar-refractivity contribution in [1.82, 2.24) is 35.5 Å². The number of halogens is 1. The minimum Gasteiger partial charge on any atom is -0.383 e. The van der Waals surface area contributed by atoms with Crippen molar-refractivity contribution >= 4 is 57.8 Å². The summed E-state index contributed by atoms with van der Waals surface area (Å²) in [5.74, 6) is -3.36. The molecule has 17 heteroatoms. The van der Waals surface area contributed by atoms with E-state index in [-0.39, 0.29) is 46.9 Å². The van der Waals surface area contributed by atoms with Gasteiger partial charge in [-0.05, 0) is 55.2 Å². The number of H-pyrrole nitrogens is 1. The van der Waals surface area contributed by atoms with Crippen molar-refractivity contribution in [2.24, 2.45) is 0 Å². The first-order valence-electron chi connectivity index (χ1n) is 21.7. The summed E-state index contributed by atoms with van der Waals surface area (Å²) in [6.07, 6.45) is 7.51. The molecule has 0 bridgehead atoms. The summed E-state index contributed by atoms with van der Waals surface area (Å²) < 4.78 is 14.9. The second-order valence-corrected chi connectivity index (χ2v) is 16.1. The molecule has 4 N–H and O–H groups in total. The highest BCUT2D eigenvalue weighted by atomic mass is 19.1. The van der Waals surface area contributed by atoms with E-state index in [4.69, 9.17) is 0 Å². The molecule has 2 saturated heterocycles. The Kier molecular flexibility index (Phi) is 14.3. The zero-order chi connectivity index (χ0) is 44.5. The third kappa shape index (κ3) is 10.5. The average Bonchev–Trinajstić information content (AvgIpc) is 3.54. The molecule has 0 spiro atoms. The van der Waals surface area contributed by atoms with E-state index in [9.17, 15) is 42.7 Å². The summed E-state index contributed by atoms with van der Waals surface area (Å²) in [5.41, 5.74) is 1.75. The van der Waals surface area contributed by atoms with Crippen molar-refractivity contribution in [1.29, 1.82) is 0 Å². The number of aromatic nitrogens is 2. The van der Waals surface area contributed by atoms with Gasteiger partial charge in [0.2, 0.25) is 23.6 Å². The summed E-state index contributed by atoms with van der Waals surface area (Å²) in [6, 6.07) is 15.3. The molecule has 0 saturated carbocycles. The SMILES string of the molecule is O=C(CCCCCCCCCC(=O)N1CCN(C(=O)c2cc(Cc3n[nH]c(=O)c4ccccc34)ccc2F)CC1)NCCNc1cccc2c1C(=O)N(C1CCC(=O)NC1=O)C2=O. The van der Waals surface area contributed by atoms with Crippen molar-refractivity contribution in [3.8, 4) is 0 Å². The number of anilines is 1. The summed E-state index contributed by atoms with van der Waals surface area (Å²) in [6.45, 7) is 2.01. The first kappa shape index (κ1) is 44.3. The molecule has 0 radical (unpaired) electrons. The number of carbonyl (C=O) groups is 7. The third-order valence-electron chi connectivity index (χ3n) is 11.9. The predicted molar refractivity (Wildman–Crippen MR) is 230 cm³/mol. The standard InChI is InChI=1S/C46H51FN8O8/c47-34-18-17-29(28-36-30-11-8-9-12-31(30)42(59)52-51-36)27-33(34)44(61)54-25-23-53(24-26-54)40(58)16-7-5-3-1-2-4-6-15-38(56)49-22-21-48-35-14-10-13-32-41(35)46(63)55(45(32)62)37-19-20-39(57)50-43(37)60/h8-14,17-18,27,37,48H,1-7,15-16,19-26,28H2,(H,49,56)(H,52,59)(H,50,57,60). The first-order valence-corrected chi connectivity index (χ1v) is 21.7. The van der Waals surface area contributed by atoms with Gasteiger partial charge in [0.15, 0.2) is 0 Å². The summed E-state index contributed by atoms with van der Waals surface area (Å²) >= 11 is 0. The molecule has 16 nitrogen and oxygen atoms in total. The number of unbranched alkanes of at least 4 members (excludes halogenated alkanes) is 6. The Morgan fingerprint density at radius 3 is 2.21 bits per heavy atom. The number of piperidine rings is 1. The number of hydrogen-bond acceptors (Lipinski definition) is 10. The van der Waals surface area contributed by atoms with Crippen LogP contribution in [0.4, 0.5) is 10.1 Å². The van der Waals surface area contributed by atoms with Crippen LogP contribution in [0.1, 0.15) is 113 Å². The van der Waals surface area contributed by atoms with Crippen LogP contribution in [-0.2, 0) is 25.6 Å². The number of fused-ring (bicyclic) bond motifs is 2. The van der Waals surface area contributed by atoms with Crippen molar-refractivity contribution in [3.05, 3.63) is 105 Å². The van der Waals surface area contributed by atoms with Gasteiger partial charge in [-0.15, -0.1) is 0 Å². The number of hydrogen-bond donors (Lipinski definition) is 4. The third-order valence-corrected chi connectivity index (χ3v) is 11.9. The van der Waals surface area contributed by atoms with Crippen LogP contribution < -0.4 is 21.5 Å². The number of rotatable bonds is 18. The van der Waals surface area contributed by atoms with Gasteiger partial charge in [-0.3, -0.25) is 48.6 Å². The zero-order valence-electron chi connectivity index (χ0n) is 35.0. The Morgan fingerprint density at radius 2 is 1.46 bits per heavy atom. The maximum Gasteiger partial charge on any atom is 0.272 e. The Morgan fingerprint density at radius 1 is 0.762 bits per heavy atom. The highest BCUT2D eigenvalue weighted by Crippen LogP contribution is 2.32. The molecule has 4 aromatic rings. The fourth-order valence-corrected chi connectivity index (χ4v) is 8.43. The average molecular weight is 863 g/mol. The van der Waals surface area contributed by atoms with E-state index >= 15 is 0 Å². The van der Waals surface area contributed by atoms with Gasteiger partial charge in [0.1, 0.15) is 11.9 Å². The molecule has 1 unspecified atom stereocenters. The lowest BCUT2D eigenvalue weighted by molar-refractivity contribution is -0.136. The number of benzene rings is 3. The quantitative estimate of drug-likeness (QED) is 0.0832. The van der Waals surface area contributed by atoms with E-state index < -0.39 is 41.4 Å². The van der Waals surface area contributed by atoms with E-state index in [0.29, 0.717) is 86.2 Å². The lowest BCUT2D eigenvalue weighted by Gasteiger charge is -2.35. The van der Waals surface area contributed by atoms with Crippen LogP contribution in [0.3, 0.4) is 0 Å². The lowest BCUT2D eigenvalue weighted by atomic mass is 10.0. The molecule has 3 aliphatic rings. The van der Waals surface area contributed by atoms with Crippen LogP contribution in [0.2, 0.25) is 0 Å². The maximum atomic E-state index is 14.9. The molecule has 7 amide bonds. The van der Waals surface area contributed by atoms with E-state index in [2.05, 4.69) is 26.1 Å². The van der Waals surface area contributed by atoms with Crippen LogP contribution in [-0.4, -0.2) is 112 Å². The molecular weight excluding hydrogens is 812 g/mol. The number of nitrogens with zero attached hydrogens (tertiary/aromatic N) is 4. The van der Waals surface area contributed by atoms with Crippen LogP contribution in [0.5, 0.6) is 0 Å². The highest BCUT2D eigenvalue weighted by Gasteiger charge is 2.45. The molecule has 330 valence electrons. The molecule has 0 aliphatic carbocycles. The fourth-order valence-electron chi connectivity index (χ4n) is 8.43. The largest absolute Gasteiger partial charge is 0.383 e. The molecule has 1 atom stereocenters. The van der Waals surface area contributed by atoms with Gasteiger partial charge in [-0.1, -0.05) is 62.4 Å². The molecule has 63 heavy (non-hydrogen) atoms. The summed E-state index contributed by atoms with van der Waals surface area (Å²) in [5, 5.41) is 16.1. The smallest absolute Gasteiger partial charge is 0.272 e. The topological polar surface area (TPSA) is 211 Å². The van der Waals surface area contributed by atoms with Crippen molar-refractivity contribution < 1.29 is 38.0 Å². The van der Waals surface area contributed by atoms with Crippen molar-refractivity contribution in [2.45, 2.75) is 83.1 Å². The summed E-state index contributed by atoms with van der Waals surface area (Å²) in [7, 11) is 0. The van der Waals surface area contributed by atoms with Crippen LogP contribution in [0.25, 0.3) is 10.8 Å². The van der Waals surface area contributed by atoms with Gasteiger partial charge in [0.05, 0.1) is 27.8 Å². The minimum absolute atomic E-state index is 0.0366. The highest BCUT2D eigenvalue weighted by molar-refractivity contribution is 6.25. The van der Waals surface area contributed by atoms with E-state index in [1.807, 2.05) is 12.1 Å². The maximum absolute atomic E-state index is 14.9. The number of imide groups is 2. The van der Waals surface area contributed by atoms with Gasteiger partial charge >= 0.3 is 0 Å². The van der Waals surface area contributed by atoms with E-state index in [1.165, 1.54) is 18.2 Å². The number of nitrogens with one attached hydrogen (secondary N) is 4. The monoisotopic (exact) mass is 862 g/mol. The van der Waals surface area contributed by atoms with E-state index in [0.717, 1.165) is 49.8 Å². The number of aromatic amines is 1. The minimum atomic E-state index is -1.05. The predicted octanol–water partition coefficient (Wildman–Crippen LogP) is 4.08. The van der Waals surface area contributed by atoms with Gasteiger partial charge in [-0.25, -0.2) is 9.49 Å². The Bertz CT molecular complexity index is 2480. The molecule has 3 aromatic carbocycles. The Hall–Kier alpha value is -6.78. The number of carbonyl (C=O) groups excluding carboxylic acids is 7. The number of piperazine rings is 1. The number of amides is 7. The Balaban J connectivity index is 0.730. The van der Waals surface area contributed by atoms with Crippen molar-refractivity contribution in [2.75, 3.05) is 44.6 Å². The molecule has 4 heterocycles. The molecule has 1 aromatic heterocycles. The molecular formula is C46H51FN8O8. The molecule has 3 aliphatic heterocycles. The second kappa shape index (κ2) is 20.4. The summed E-state index contributed by atoms with van der Waals surface area (Å²) in [4.78, 5) is 105. The first-order chi connectivity index (χ1) is 30.5. The van der Waals surface area contributed by atoms with Crippen LogP contribution in [0, 0.1) is 5.82 Å². The van der Waals surface area contributed by atoms with Crippen LogP contribution in [0.15, 0.2) is 65.5 Å². The van der Waals surface area contributed by atoms with Crippen molar-refractivity contribution in [3.63, 3.8) is 0 Å². The zero-order valence-corrected chi connectivity index (χ0v) is 35.0. The van der Waals surface area contributed by atoms with E-state index in [1.54, 1.807) is 40.1 Å². The Labute approximate surface area is 362 Å². The fraction of sp³-hybridized carbons (Fsp3) is 0.413.